The highest BCUT2D eigenvalue weighted by Gasteiger charge is 2.16. The Kier molecular flexibility index (Phi) is 5.98. The van der Waals surface area contributed by atoms with Gasteiger partial charge in [-0.3, -0.25) is 4.79 Å². The summed E-state index contributed by atoms with van der Waals surface area (Å²) >= 11 is 1.48. The van der Waals surface area contributed by atoms with Crippen LogP contribution >= 0.6 is 11.3 Å². The van der Waals surface area contributed by atoms with E-state index in [0.717, 1.165) is 30.9 Å². The van der Waals surface area contributed by atoms with Gasteiger partial charge in [0.2, 0.25) is 0 Å². The zero-order valence-corrected chi connectivity index (χ0v) is 12.3. The van der Waals surface area contributed by atoms with Gasteiger partial charge in [-0.15, -0.1) is 11.3 Å². The molecule has 1 aromatic rings. The molecule has 0 fully saturated rings. The van der Waals surface area contributed by atoms with Crippen molar-refractivity contribution < 1.29 is 4.79 Å². The number of nitrogen functional groups attached to an aromatic ring is 1. The molecule has 0 aliphatic rings. The summed E-state index contributed by atoms with van der Waals surface area (Å²) in [6.07, 6.45) is 2.18. The molecule has 1 heterocycles. The Labute approximate surface area is 113 Å². The fourth-order valence-electron chi connectivity index (χ4n) is 1.84. The highest BCUT2D eigenvalue weighted by molar-refractivity contribution is 7.18. The third-order valence-electron chi connectivity index (χ3n) is 2.59. The van der Waals surface area contributed by atoms with Crippen molar-refractivity contribution in [3.05, 3.63) is 10.9 Å². The first-order valence-electron chi connectivity index (χ1n) is 6.56. The molecule has 1 aromatic heterocycles. The van der Waals surface area contributed by atoms with E-state index in [9.17, 15) is 4.79 Å². The number of rotatable bonds is 7. The predicted octanol–water partition coefficient (Wildman–Crippen LogP) is 2.71. The monoisotopic (exact) mass is 269 g/mol. The van der Waals surface area contributed by atoms with Crippen molar-refractivity contribution in [3.8, 4) is 0 Å². The Balaban J connectivity index is 2.89. The summed E-state index contributed by atoms with van der Waals surface area (Å²) in [5, 5.41) is 3.89. The van der Waals surface area contributed by atoms with Gasteiger partial charge in [-0.2, -0.15) is 0 Å². The first-order valence-corrected chi connectivity index (χ1v) is 7.38. The molecule has 0 saturated carbocycles. The summed E-state index contributed by atoms with van der Waals surface area (Å²) in [6.45, 7) is 8.85. The van der Waals surface area contributed by atoms with Gasteiger partial charge in [0.05, 0.1) is 10.7 Å². The molecule has 0 aliphatic carbocycles. The molecule has 3 N–H and O–H groups in total. The fourth-order valence-corrected chi connectivity index (χ4v) is 2.89. The first-order chi connectivity index (χ1) is 8.63. The molecule has 0 spiro atoms. The SMILES string of the molecule is CCCN(CCC)c1cc(N)c(C(=O)NCC)s1. The lowest BCUT2D eigenvalue weighted by molar-refractivity contribution is 0.0960. The molecule has 1 rings (SSSR count). The van der Waals surface area contributed by atoms with Gasteiger partial charge in [0.1, 0.15) is 4.88 Å². The van der Waals surface area contributed by atoms with Crippen molar-refractivity contribution in [2.24, 2.45) is 0 Å². The number of nitrogens with zero attached hydrogens (tertiary/aromatic N) is 1. The Morgan fingerprint density at radius 2 is 1.94 bits per heavy atom. The van der Waals surface area contributed by atoms with Crippen LogP contribution in [0.15, 0.2) is 6.07 Å². The van der Waals surface area contributed by atoms with E-state index in [1.165, 1.54) is 11.3 Å². The number of anilines is 2. The number of hydrogen-bond acceptors (Lipinski definition) is 4. The molecule has 0 aromatic carbocycles. The van der Waals surface area contributed by atoms with Crippen molar-refractivity contribution in [2.75, 3.05) is 30.3 Å². The molecular formula is C13H23N3OS. The van der Waals surface area contributed by atoms with Crippen LogP contribution in [0.3, 0.4) is 0 Å². The smallest absolute Gasteiger partial charge is 0.263 e. The minimum atomic E-state index is -0.0702. The van der Waals surface area contributed by atoms with Crippen molar-refractivity contribution in [1.29, 1.82) is 0 Å². The standard InChI is InChI=1S/C13H23N3OS/c1-4-7-16(8-5-2)11-9-10(14)12(18-11)13(17)15-6-3/h9H,4-8,14H2,1-3H3,(H,15,17). The number of hydrogen-bond donors (Lipinski definition) is 2. The van der Waals surface area contributed by atoms with Crippen LogP contribution in [0.25, 0.3) is 0 Å². The second-order valence-corrected chi connectivity index (χ2v) is 5.25. The largest absolute Gasteiger partial charge is 0.397 e. The van der Waals surface area contributed by atoms with Crippen LogP contribution in [-0.2, 0) is 0 Å². The number of carbonyl (C=O) groups excluding carboxylic acids is 1. The quantitative estimate of drug-likeness (QED) is 0.800. The van der Waals surface area contributed by atoms with Gasteiger partial charge in [0.25, 0.3) is 5.91 Å². The number of nitrogens with two attached hydrogens (primary N) is 1. The van der Waals surface area contributed by atoms with Gasteiger partial charge in [0, 0.05) is 19.6 Å². The summed E-state index contributed by atoms with van der Waals surface area (Å²) < 4.78 is 0. The molecule has 5 heteroatoms. The van der Waals surface area contributed by atoms with Crippen LogP contribution < -0.4 is 16.0 Å². The Morgan fingerprint density at radius 1 is 1.33 bits per heavy atom. The molecule has 0 radical (unpaired) electrons. The van der Waals surface area contributed by atoms with E-state index in [1.54, 1.807) is 0 Å². The normalized spacial score (nSPS) is 10.4. The van der Waals surface area contributed by atoms with Crippen LogP contribution in [0.5, 0.6) is 0 Å². The van der Waals surface area contributed by atoms with Crippen LogP contribution in [0.4, 0.5) is 10.7 Å². The minimum Gasteiger partial charge on any atom is -0.397 e. The highest BCUT2D eigenvalue weighted by Crippen LogP contribution is 2.32. The summed E-state index contributed by atoms with van der Waals surface area (Å²) in [7, 11) is 0. The van der Waals surface area contributed by atoms with E-state index >= 15 is 0 Å². The van der Waals surface area contributed by atoms with Gasteiger partial charge in [-0.25, -0.2) is 0 Å². The van der Waals surface area contributed by atoms with E-state index in [1.807, 2.05) is 13.0 Å². The van der Waals surface area contributed by atoms with E-state index in [2.05, 4.69) is 24.1 Å². The van der Waals surface area contributed by atoms with Gasteiger partial charge in [0.15, 0.2) is 0 Å². The third-order valence-corrected chi connectivity index (χ3v) is 3.80. The average molecular weight is 269 g/mol. The zero-order chi connectivity index (χ0) is 13.5. The van der Waals surface area contributed by atoms with Gasteiger partial charge < -0.3 is 16.0 Å². The second-order valence-electron chi connectivity index (χ2n) is 4.22. The molecule has 102 valence electrons. The number of thiophene rings is 1. The Hall–Kier alpha value is -1.23. The highest BCUT2D eigenvalue weighted by atomic mass is 32.1. The average Bonchev–Trinajstić information content (AvgIpc) is 2.71. The van der Waals surface area contributed by atoms with Crippen molar-refractivity contribution in [1.82, 2.24) is 5.32 Å². The number of amides is 1. The zero-order valence-electron chi connectivity index (χ0n) is 11.5. The summed E-state index contributed by atoms with van der Waals surface area (Å²) in [5.41, 5.74) is 6.51. The lowest BCUT2D eigenvalue weighted by Crippen LogP contribution is -2.24. The third kappa shape index (κ3) is 3.63. The van der Waals surface area contributed by atoms with Crippen LogP contribution in [0.2, 0.25) is 0 Å². The summed E-state index contributed by atoms with van der Waals surface area (Å²) in [6, 6.07) is 1.92. The van der Waals surface area contributed by atoms with Crippen LogP contribution in [0, 0.1) is 0 Å². The van der Waals surface area contributed by atoms with Crippen LogP contribution in [-0.4, -0.2) is 25.5 Å². The predicted molar refractivity (Wildman–Crippen MR) is 79.5 cm³/mol. The van der Waals surface area contributed by atoms with E-state index in [4.69, 9.17) is 5.73 Å². The summed E-state index contributed by atoms with van der Waals surface area (Å²) in [5.74, 6) is -0.0702. The molecule has 0 bridgehead atoms. The van der Waals surface area contributed by atoms with E-state index < -0.39 is 0 Å². The van der Waals surface area contributed by atoms with Crippen LogP contribution in [0.1, 0.15) is 43.3 Å². The van der Waals surface area contributed by atoms with Gasteiger partial charge in [-0.1, -0.05) is 13.8 Å². The maximum atomic E-state index is 11.8. The van der Waals surface area contributed by atoms with Crippen molar-refractivity contribution >= 4 is 27.9 Å². The fraction of sp³-hybridized carbons (Fsp3) is 0.615. The lowest BCUT2D eigenvalue weighted by atomic mass is 10.3. The van der Waals surface area contributed by atoms with Crippen molar-refractivity contribution in [2.45, 2.75) is 33.6 Å². The number of nitrogens with one attached hydrogen (secondary N) is 1. The van der Waals surface area contributed by atoms with Crippen molar-refractivity contribution in [3.63, 3.8) is 0 Å². The minimum absolute atomic E-state index is 0.0702. The summed E-state index contributed by atoms with van der Waals surface area (Å²) in [4.78, 5) is 14.7. The maximum Gasteiger partial charge on any atom is 0.263 e. The van der Waals surface area contributed by atoms with E-state index in [-0.39, 0.29) is 5.91 Å². The molecule has 0 saturated heterocycles. The van der Waals surface area contributed by atoms with Gasteiger partial charge >= 0.3 is 0 Å². The first kappa shape index (κ1) is 14.8. The Bertz CT molecular complexity index is 384. The molecule has 1 amide bonds. The molecular weight excluding hydrogens is 246 g/mol. The molecule has 4 nitrogen and oxygen atoms in total. The lowest BCUT2D eigenvalue weighted by Gasteiger charge is -2.21. The molecule has 18 heavy (non-hydrogen) atoms. The van der Waals surface area contributed by atoms with E-state index in [0.29, 0.717) is 17.1 Å². The molecule has 0 aliphatic heterocycles. The topological polar surface area (TPSA) is 58.4 Å². The molecule has 0 unspecified atom stereocenters. The Morgan fingerprint density at radius 3 is 2.44 bits per heavy atom. The second kappa shape index (κ2) is 7.26. The number of carbonyl (C=O) groups is 1. The maximum absolute atomic E-state index is 11.8. The van der Waals surface area contributed by atoms with Gasteiger partial charge in [-0.05, 0) is 25.8 Å². The molecule has 0 atom stereocenters.